The van der Waals surface area contributed by atoms with Crippen molar-refractivity contribution >= 4 is 41.4 Å². The summed E-state index contributed by atoms with van der Waals surface area (Å²) in [5.74, 6) is 0.985. The third kappa shape index (κ3) is 4.38. The van der Waals surface area contributed by atoms with E-state index >= 15 is 0 Å². The summed E-state index contributed by atoms with van der Waals surface area (Å²) in [5.41, 5.74) is 8.42. The van der Waals surface area contributed by atoms with E-state index in [2.05, 4.69) is 16.7 Å². The van der Waals surface area contributed by atoms with Gasteiger partial charge in [-0.3, -0.25) is 0 Å². The number of carbonyl (C=O) groups excluding carboxylic acids is 1. The number of halogens is 2. The predicted molar refractivity (Wildman–Crippen MR) is 97.7 cm³/mol. The third-order valence-corrected chi connectivity index (χ3v) is 4.19. The third-order valence-electron chi connectivity index (χ3n) is 3.94. The molecule has 2 aromatic carbocycles. The van der Waals surface area contributed by atoms with Crippen LogP contribution in [0.2, 0.25) is 5.02 Å². The molecule has 0 saturated heterocycles. The highest BCUT2D eigenvalue weighted by atomic mass is 35.5. The molecule has 23 heavy (non-hydrogen) atoms. The summed E-state index contributed by atoms with van der Waals surface area (Å²) in [7, 11) is 0. The minimum absolute atomic E-state index is 0. The van der Waals surface area contributed by atoms with Crippen molar-refractivity contribution in [1.29, 1.82) is 0 Å². The monoisotopic (exact) mass is 351 g/mol. The van der Waals surface area contributed by atoms with Crippen molar-refractivity contribution in [3.05, 3.63) is 59.1 Å². The minimum Gasteiger partial charge on any atom is -0.330 e. The summed E-state index contributed by atoms with van der Waals surface area (Å²) in [4.78, 5) is 12.1. The molecule has 0 aromatic heterocycles. The molecule has 1 fully saturated rings. The highest BCUT2D eigenvalue weighted by Gasteiger charge is 2.38. The molecular formula is C17H19Cl2N3O. The Labute approximate surface area is 146 Å². The smallest absolute Gasteiger partial charge is 0.323 e. The van der Waals surface area contributed by atoms with E-state index in [0.717, 1.165) is 17.7 Å². The predicted octanol–water partition coefficient (Wildman–Crippen LogP) is 4.47. The second-order valence-electron chi connectivity index (χ2n) is 5.51. The molecule has 1 saturated carbocycles. The standard InChI is InChI=1S/C17H18ClN3O.ClH/c18-12-5-7-13(8-6-12)20-17(22)21-16-4-2-1-3-14(16)15-9-11(15)10-19;/h1-8,11,15H,9-10,19H2,(H2,20,21,22);1H/t11-,15+;/m0./s1. The quantitative estimate of drug-likeness (QED) is 0.760. The maximum absolute atomic E-state index is 12.1. The van der Waals surface area contributed by atoms with E-state index in [1.54, 1.807) is 24.3 Å². The van der Waals surface area contributed by atoms with Gasteiger partial charge in [0.15, 0.2) is 0 Å². The lowest BCUT2D eigenvalue weighted by Crippen LogP contribution is -2.20. The van der Waals surface area contributed by atoms with Crippen molar-refractivity contribution in [1.82, 2.24) is 0 Å². The second-order valence-corrected chi connectivity index (χ2v) is 5.95. The van der Waals surface area contributed by atoms with Crippen LogP contribution in [-0.2, 0) is 0 Å². The van der Waals surface area contributed by atoms with Crippen molar-refractivity contribution < 1.29 is 4.79 Å². The highest BCUT2D eigenvalue weighted by molar-refractivity contribution is 6.30. The van der Waals surface area contributed by atoms with Crippen molar-refractivity contribution in [3.63, 3.8) is 0 Å². The summed E-state index contributed by atoms with van der Waals surface area (Å²) in [6.07, 6.45) is 1.09. The molecule has 4 N–H and O–H groups in total. The van der Waals surface area contributed by atoms with Gasteiger partial charge in [-0.2, -0.15) is 0 Å². The first-order valence-corrected chi connectivity index (χ1v) is 7.67. The second kappa shape index (κ2) is 7.68. The zero-order valence-electron chi connectivity index (χ0n) is 12.5. The summed E-state index contributed by atoms with van der Waals surface area (Å²) in [6.45, 7) is 0.690. The van der Waals surface area contributed by atoms with Gasteiger partial charge in [-0.05, 0) is 60.7 Å². The molecule has 0 radical (unpaired) electrons. The van der Waals surface area contributed by atoms with Gasteiger partial charge in [-0.1, -0.05) is 29.8 Å². The Morgan fingerprint density at radius 3 is 2.48 bits per heavy atom. The molecule has 0 unspecified atom stereocenters. The van der Waals surface area contributed by atoms with Crippen molar-refractivity contribution in [2.45, 2.75) is 12.3 Å². The molecule has 1 aliphatic rings. The van der Waals surface area contributed by atoms with Gasteiger partial charge < -0.3 is 16.4 Å². The van der Waals surface area contributed by atoms with Gasteiger partial charge in [0.1, 0.15) is 0 Å². The van der Waals surface area contributed by atoms with E-state index in [1.807, 2.05) is 18.2 Å². The number of hydrogen-bond donors (Lipinski definition) is 3. The number of urea groups is 1. The van der Waals surface area contributed by atoms with E-state index in [4.69, 9.17) is 17.3 Å². The summed E-state index contributed by atoms with van der Waals surface area (Å²) in [6, 6.07) is 14.6. The molecule has 122 valence electrons. The number of hydrogen-bond acceptors (Lipinski definition) is 2. The fourth-order valence-electron chi connectivity index (χ4n) is 2.64. The van der Waals surface area contributed by atoms with Gasteiger partial charge in [0.2, 0.25) is 0 Å². The zero-order valence-corrected chi connectivity index (χ0v) is 14.0. The molecule has 3 rings (SSSR count). The van der Waals surface area contributed by atoms with Gasteiger partial charge in [-0.15, -0.1) is 12.4 Å². The van der Waals surface area contributed by atoms with Crippen LogP contribution in [0.1, 0.15) is 17.9 Å². The Bertz CT molecular complexity index is 676. The largest absolute Gasteiger partial charge is 0.330 e. The molecule has 0 heterocycles. The fourth-order valence-corrected chi connectivity index (χ4v) is 2.77. The Balaban J connectivity index is 0.00000192. The Kier molecular flexibility index (Phi) is 5.88. The lowest BCUT2D eigenvalue weighted by molar-refractivity contribution is 0.262. The zero-order chi connectivity index (χ0) is 15.5. The van der Waals surface area contributed by atoms with Gasteiger partial charge in [0.25, 0.3) is 0 Å². The first-order chi connectivity index (χ1) is 10.7. The molecule has 0 aliphatic heterocycles. The normalized spacial score (nSPS) is 18.7. The number of nitrogens with two attached hydrogens (primary N) is 1. The summed E-state index contributed by atoms with van der Waals surface area (Å²) in [5, 5.41) is 6.35. The van der Waals surface area contributed by atoms with E-state index < -0.39 is 0 Å². The number of benzene rings is 2. The number of anilines is 2. The van der Waals surface area contributed by atoms with Gasteiger partial charge in [-0.25, -0.2) is 4.79 Å². The van der Waals surface area contributed by atoms with Crippen LogP contribution in [-0.4, -0.2) is 12.6 Å². The summed E-state index contributed by atoms with van der Waals surface area (Å²) < 4.78 is 0. The number of para-hydroxylation sites is 1. The molecule has 6 heteroatoms. The minimum atomic E-state index is -0.264. The maximum Gasteiger partial charge on any atom is 0.323 e. The number of amides is 2. The topological polar surface area (TPSA) is 67.1 Å². The average Bonchev–Trinajstić information content (AvgIpc) is 3.30. The van der Waals surface area contributed by atoms with E-state index in [9.17, 15) is 4.79 Å². The van der Waals surface area contributed by atoms with Crippen molar-refractivity contribution in [2.24, 2.45) is 11.7 Å². The molecule has 1 aliphatic carbocycles. The Morgan fingerprint density at radius 2 is 1.83 bits per heavy atom. The average molecular weight is 352 g/mol. The van der Waals surface area contributed by atoms with Crippen LogP contribution in [0.4, 0.5) is 16.2 Å². The number of nitrogens with one attached hydrogen (secondary N) is 2. The lowest BCUT2D eigenvalue weighted by atomic mass is 10.1. The Morgan fingerprint density at radius 1 is 1.13 bits per heavy atom. The molecular weight excluding hydrogens is 333 g/mol. The van der Waals surface area contributed by atoms with Crippen LogP contribution in [0, 0.1) is 5.92 Å². The van der Waals surface area contributed by atoms with Gasteiger partial charge in [0.05, 0.1) is 0 Å². The summed E-state index contributed by atoms with van der Waals surface area (Å²) >= 11 is 5.83. The van der Waals surface area contributed by atoms with E-state index in [0.29, 0.717) is 29.1 Å². The highest BCUT2D eigenvalue weighted by Crippen LogP contribution is 2.48. The Hall–Kier alpha value is -1.75. The van der Waals surface area contributed by atoms with Crippen LogP contribution in [0.5, 0.6) is 0 Å². The van der Waals surface area contributed by atoms with Crippen LogP contribution < -0.4 is 16.4 Å². The lowest BCUT2D eigenvalue weighted by Gasteiger charge is -2.12. The van der Waals surface area contributed by atoms with Gasteiger partial charge in [0, 0.05) is 16.4 Å². The van der Waals surface area contributed by atoms with Crippen LogP contribution >= 0.6 is 24.0 Å². The first kappa shape index (κ1) is 17.6. The number of carbonyl (C=O) groups is 1. The molecule has 0 spiro atoms. The maximum atomic E-state index is 12.1. The molecule has 2 amide bonds. The van der Waals surface area contributed by atoms with Crippen molar-refractivity contribution in [2.75, 3.05) is 17.2 Å². The van der Waals surface area contributed by atoms with E-state index in [-0.39, 0.29) is 18.4 Å². The molecule has 4 nitrogen and oxygen atoms in total. The van der Waals surface area contributed by atoms with Gasteiger partial charge >= 0.3 is 6.03 Å². The van der Waals surface area contributed by atoms with Crippen LogP contribution in [0.25, 0.3) is 0 Å². The van der Waals surface area contributed by atoms with Crippen LogP contribution in [0.3, 0.4) is 0 Å². The first-order valence-electron chi connectivity index (χ1n) is 7.30. The molecule has 2 atom stereocenters. The van der Waals surface area contributed by atoms with E-state index in [1.165, 1.54) is 0 Å². The van der Waals surface area contributed by atoms with Crippen molar-refractivity contribution in [3.8, 4) is 0 Å². The molecule has 2 aromatic rings. The van der Waals surface area contributed by atoms with Crippen LogP contribution in [0.15, 0.2) is 48.5 Å². The SMILES string of the molecule is Cl.NC[C@@H]1C[C@H]1c1ccccc1NC(=O)Nc1ccc(Cl)cc1. The number of rotatable bonds is 4. The molecule has 0 bridgehead atoms. The fraction of sp³-hybridized carbons (Fsp3) is 0.235.